The van der Waals surface area contributed by atoms with Gasteiger partial charge in [0, 0.05) is 6.07 Å². The summed E-state index contributed by atoms with van der Waals surface area (Å²) in [6, 6.07) is 3.00. The van der Waals surface area contributed by atoms with Crippen LogP contribution in [0.3, 0.4) is 0 Å². The molecule has 0 aromatic carbocycles. The lowest BCUT2D eigenvalue weighted by atomic mass is 9.91. The molecule has 0 fully saturated rings. The summed E-state index contributed by atoms with van der Waals surface area (Å²) < 4.78 is 10.6. The third kappa shape index (κ3) is 14.0. The first kappa shape index (κ1) is 28.8. The van der Waals surface area contributed by atoms with Crippen LogP contribution >= 0.6 is 12.4 Å². The normalized spacial score (nSPS) is 14.2. The highest BCUT2D eigenvalue weighted by atomic mass is 35.5. The molecule has 0 radical (unpaired) electrons. The zero-order valence-electron chi connectivity index (χ0n) is 19.8. The molecule has 0 aliphatic rings. The number of carboxylic acids is 1. The maximum Gasteiger partial charge on any atom is 0.371 e. The van der Waals surface area contributed by atoms with Crippen molar-refractivity contribution < 1.29 is 19.1 Å². The third-order valence-electron chi connectivity index (χ3n) is 5.91. The van der Waals surface area contributed by atoms with E-state index in [9.17, 15) is 4.79 Å². The van der Waals surface area contributed by atoms with E-state index >= 15 is 0 Å². The molecule has 3 unspecified atom stereocenters. The lowest BCUT2D eigenvalue weighted by Crippen LogP contribution is -2.05. The minimum atomic E-state index is -1.07. The maximum atomic E-state index is 10.8. The summed E-state index contributed by atoms with van der Waals surface area (Å²) in [6.07, 6.45) is 13.0. The number of hydrogen-bond acceptors (Lipinski definition) is 3. The molecule has 1 aromatic heterocycles. The van der Waals surface area contributed by atoms with Crippen molar-refractivity contribution in [3.05, 3.63) is 17.9 Å². The monoisotopic (exact) mass is 444 g/mol. The van der Waals surface area contributed by atoms with Gasteiger partial charge in [-0.1, -0.05) is 92.4 Å². The van der Waals surface area contributed by atoms with Crippen LogP contribution < -0.4 is 4.74 Å². The number of carboxylic acid groups (broad SMARTS) is 1. The summed E-state index contributed by atoms with van der Waals surface area (Å²) >= 11 is 0. The van der Waals surface area contributed by atoms with E-state index in [1.807, 2.05) is 0 Å². The van der Waals surface area contributed by atoms with Crippen molar-refractivity contribution in [1.82, 2.24) is 0 Å². The van der Waals surface area contributed by atoms with Crippen molar-refractivity contribution in [2.24, 2.45) is 23.7 Å². The fourth-order valence-corrected chi connectivity index (χ4v) is 3.81. The first-order valence-electron chi connectivity index (χ1n) is 11.7. The van der Waals surface area contributed by atoms with Gasteiger partial charge in [-0.3, -0.25) is 0 Å². The van der Waals surface area contributed by atoms with Crippen molar-refractivity contribution in [2.45, 2.75) is 98.8 Å². The van der Waals surface area contributed by atoms with Crippen LogP contribution in [0.5, 0.6) is 5.95 Å². The van der Waals surface area contributed by atoms with Gasteiger partial charge in [-0.2, -0.15) is 0 Å². The molecular formula is C25H45ClO4. The number of rotatable bonds is 17. The fraction of sp³-hybridized carbons (Fsp3) is 0.800. The van der Waals surface area contributed by atoms with Gasteiger partial charge in [-0.25, -0.2) is 4.79 Å². The summed E-state index contributed by atoms with van der Waals surface area (Å²) in [4.78, 5) is 10.8. The average Bonchev–Trinajstić information content (AvgIpc) is 3.10. The Morgan fingerprint density at radius 1 is 0.833 bits per heavy atom. The second-order valence-corrected chi connectivity index (χ2v) is 9.56. The van der Waals surface area contributed by atoms with Crippen molar-refractivity contribution in [2.75, 3.05) is 6.61 Å². The Morgan fingerprint density at radius 3 is 1.73 bits per heavy atom. The fourth-order valence-electron chi connectivity index (χ4n) is 3.81. The standard InChI is InChI=1S/C25H44O4.ClH/c1-19(2)9-6-10-20(3)11-7-12-21(4)13-8-14-22(5)17-18-28-24-16-15-23(29-24)25(26)27;/h15-16,19-22H,6-14,17-18H2,1-5H3,(H,26,27);1H. The Balaban J connectivity index is 0.00000841. The lowest BCUT2D eigenvalue weighted by molar-refractivity contribution is 0.0652. The van der Waals surface area contributed by atoms with E-state index in [2.05, 4.69) is 34.6 Å². The number of ether oxygens (including phenoxy) is 1. The smallest absolute Gasteiger partial charge is 0.371 e. The molecule has 0 aliphatic heterocycles. The van der Waals surface area contributed by atoms with E-state index in [4.69, 9.17) is 14.3 Å². The molecule has 1 heterocycles. The highest BCUT2D eigenvalue weighted by molar-refractivity contribution is 5.85. The molecule has 0 amide bonds. The molecule has 1 N–H and O–H groups in total. The predicted molar refractivity (Wildman–Crippen MR) is 127 cm³/mol. The zero-order valence-corrected chi connectivity index (χ0v) is 20.6. The molecule has 4 nitrogen and oxygen atoms in total. The second kappa shape index (κ2) is 16.5. The van der Waals surface area contributed by atoms with E-state index in [1.165, 1.54) is 63.9 Å². The Hall–Kier alpha value is -1.16. The topological polar surface area (TPSA) is 59.7 Å². The Morgan fingerprint density at radius 2 is 1.30 bits per heavy atom. The molecule has 3 atom stereocenters. The SMILES string of the molecule is CC(C)CCCC(C)CCCC(C)CCCC(C)CCOc1ccc(C(=O)O)o1.Cl. The first-order chi connectivity index (χ1) is 13.8. The van der Waals surface area contributed by atoms with Gasteiger partial charge in [0.15, 0.2) is 0 Å². The maximum absolute atomic E-state index is 10.8. The van der Waals surface area contributed by atoms with Gasteiger partial charge in [0.25, 0.3) is 5.95 Å². The van der Waals surface area contributed by atoms with Crippen molar-refractivity contribution in [1.29, 1.82) is 0 Å². The van der Waals surface area contributed by atoms with Gasteiger partial charge in [-0.05, 0) is 36.2 Å². The molecular weight excluding hydrogens is 400 g/mol. The van der Waals surface area contributed by atoms with Crippen LogP contribution in [-0.2, 0) is 0 Å². The lowest BCUT2D eigenvalue weighted by Gasteiger charge is -2.16. The van der Waals surface area contributed by atoms with Crippen LogP contribution in [0.4, 0.5) is 0 Å². The van der Waals surface area contributed by atoms with Crippen LogP contribution in [-0.4, -0.2) is 17.7 Å². The summed E-state index contributed by atoms with van der Waals surface area (Å²) in [7, 11) is 0. The number of hydrogen-bond donors (Lipinski definition) is 1. The number of furan rings is 1. The van der Waals surface area contributed by atoms with Gasteiger partial charge >= 0.3 is 5.97 Å². The molecule has 30 heavy (non-hydrogen) atoms. The minimum Gasteiger partial charge on any atom is -0.475 e. The Kier molecular flexibility index (Phi) is 15.9. The van der Waals surface area contributed by atoms with Gasteiger partial charge in [-0.15, -0.1) is 12.4 Å². The van der Waals surface area contributed by atoms with Crippen LogP contribution in [0.25, 0.3) is 0 Å². The van der Waals surface area contributed by atoms with Gasteiger partial charge in [0.1, 0.15) is 0 Å². The van der Waals surface area contributed by atoms with E-state index in [0.29, 0.717) is 18.5 Å². The summed E-state index contributed by atoms with van der Waals surface area (Å²) in [5.41, 5.74) is 0. The Labute approximate surface area is 190 Å². The number of halogens is 1. The van der Waals surface area contributed by atoms with E-state index < -0.39 is 5.97 Å². The summed E-state index contributed by atoms with van der Waals surface area (Å²) in [5, 5.41) is 8.84. The molecule has 176 valence electrons. The third-order valence-corrected chi connectivity index (χ3v) is 5.91. The quantitative estimate of drug-likeness (QED) is 0.262. The largest absolute Gasteiger partial charge is 0.475 e. The van der Waals surface area contributed by atoms with Crippen molar-refractivity contribution in [3.63, 3.8) is 0 Å². The molecule has 0 spiro atoms. The molecule has 1 rings (SSSR count). The van der Waals surface area contributed by atoms with Gasteiger partial charge < -0.3 is 14.3 Å². The Bertz CT molecular complexity index is 555. The van der Waals surface area contributed by atoms with Crippen molar-refractivity contribution in [3.8, 4) is 5.95 Å². The van der Waals surface area contributed by atoms with Gasteiger partial charge in [0.2, 0.25) is 5.76 Å². The van der Waals surface area contributed by atoms with Crippen LogP contribution in [0.15, 0.2) is 16.5 Å². The van der Waals surface area contributed by atoms with Crippen molar-refractivity contribution >= 4 is 18.4 Å². The summed E-state index contributed by atoms with van der Waals surface area (Å²) in [5.74, 6) is 2.29. The second-order valence-electron chi connectivity index (χ2n) is 9.56. The molecule has 0 saturated carbocycles. The molecule has 5 heteroatoms. The molecule has 0 aliphatic carbocycles. The van der Waals surface area contributed by atoms with E-state index in [0.717, 1.165) is 24.2 Å². The van der Waals surface area contributed by atoms with Crippen LogP contribution in [0.1, 0.15) is 109 Å². The summed E-state index contributed by atoms with van der Waals surface area (Å²) in [6.45, 7) is 12.3. The molecule has 0 bridgehead atoms. The zero-order chi connectivity index (χ0) is 21.6. The number of carbonyl (C=O) groups is 1. The minimum absolute atomic E-state index is 0. The number of aromatic carboxylic acids is 1. The highest BCUT2D eigenvalue weighted by Crippen LogP contribution is 2.23. The highest BCUT2D eigenvalue weighted by Gasteiger charge is 2.11. The molecule has 0 saturated heterocycles. The van der Waals surface area contributed by atoms with E-state index in [1.54, 1.807) is 6.07 Å². The molecule has 1 aromatic rings. The average molecular weight is 445 g/mol. The van der Waals surface area contributed by atoms with Gasteiger partial charge in [0.05, 0.1) is 6.61 Å². The predicted octanol–water partition coefficient (Wildman–Crippen LogP) is 8.24. The van der Waals surface area contributed by atoms with Crippen LogP contribution in [0.2, 0.25) is 0 Å². The van der Waals surface area contributed by atoms with Crippen LogP contribution in [0, 0.1) is 23.7 Å². The van der Waals surface area contributed by atoms with E-state index in [-0.39, 0.29) is 18.2 Å². The first-order valence-corrected chi connectivity index (χ1v) is 11.7.